The smallest absolute Gasteiger partial charge is 0.152 e. The minimum Gasteiger partial charge on any atom is -0.397 e. The molecule has 5 N–H and O–H groups in total. The lowest BCUT2D eigenvalue weighted by atomic mass is 10.1. The molecule has 0 radical (unpaired) electrons. The second kappa shape index (κ2) is 22.8. The standard InChI is InChI=1S/C21H28N6.C5H9F.C2H6O.C2H6/c1-5-9-15(13-24-3)12-16(22)14-27(4)20-17-10-7-8-11-18(17)26-21(23)19(20)25-6-2;1-3-4-5(2)6;1-2-3;1-2/h5-8,10-12,22,24H,1,9,13-14H2,2-4H3,(H2,23,26);4H,3H2,1-2H3;3H,2H2,1H3;1-2H3/b15-12-,22-16?,25-6?;5-4+;;. The highest BCUT2D eigenvalue weighted by atomic mass is 19.1. The van der Waals surface area contributed by atoms with E-state index in [1.54, 1.807) is 19.2 Å². The Kier molecular flexibility index (Phi) is 22.1. The fraction of sp³-hybridized carbons (Fsp3) is 0.433. The number of aliphatic hydroxyl groups excluding tert-OH is 1. The van der Waals surface area contributed by atoms with Gasteiger partial charge in [-0.25, -0.2) is 9.37 Å². The quantitative estimate of drug-likeness (QED) is 0.196. The number of aromatic nitrogens is 1. The number of nitrogen functional groups attached to an aromatic ring is 1. The zero-order valence-electron chi connectivity index (χ0n) is 24.6. The fourth-order valence-corrected chi connectivity index (χ4v) is 3.35. The molecule has 0 amide bonds. The summed E-state index contributed by atoms with van der Waals surface area (Å²) in [5, 5.41) is 20.1. The summed E-state index contributed by atoms with van der Waals surface area (Å²) in [5.74, 6) is 0.302. The van der Waals surface area contributed by atoms with Crippen molar-refractivity contribution >= 4 is 40.0 Å². The summed E-state index contributed by atoms with van der Waals surface area (Å²) in [7, 11) is 3.84. The van der Waals surface area contributed by atoms with Crippen molar-refractivity contribution < 1.29 is 9.50 Å². The molecule has 0 saturated heterocycles. The second-order valence-electron chi connectivity index (χ2n) is 7.82. The van der Waals surface area contributed by atoms with E-state index in [2.05, 4.69) is 21.9 Å². The maximum atomic E-state index is 11.6. The van der Waals surface area contributed by atoms with E-state index in [9.17, 15) is 4.39 Å². The maximum Gasteiger partial charge on any atom is 0.152 e. The molecule has 0 unspecified atom stereocenters. The zero-order chi connectivity index (χ0) is 29.5. The number of nitrogens with two attached hydrogens (primary N) is 1. The first-order chi connectivity index (χ1) is 18.2. The summed E-state index contributed by atoms with van der Waals surface area (Å²) in [6, 6.07) is 7.84. The van der Waals surface area contributed by atoms with Crippen LogP contribution in [0.5, 0.6) is 0 Å². The summed E-state index contributed by atoms with van der Waals surface area (Å²) in [6.45, 7) is 16.1. The van der Waals surface area contributed by atoms with Crippen molar-refractivity contribution in [3.8, 4) is 0 Å². The minimum atomic E-state index is -0.0856. The highest BCUT2D eigenvalue weighted by molar-refractivity contribution is 6.04. The van der Waals surface area contributed by atoms with E-state index >= 15 is 0 Å². The number of hydrogen-bond acceptors (Lipinski definition) is 7. The molecule has 0 aliphatic heterocycles. The predicted octanol–water partition coefficient (Wildman–Crippen LogP) is 7.01. The van der Waals surface area contributed by atoms with Gasteiger partial charge >= 0.3 is 0 Å². The predicted molar refractivity (Wildman–Crippen MR) is 167 cm³/mol. The number of halogens is 1. The second-order valence-corrected chi connectivity index (χ2v) is 7.82. The van der Waals surface area contributed by atoms with Crippen molar-refractivity contribution in [1.29, 1.82) is 5.41 Å². The Morgan fingerprint density at radius 3 is 2.37 bits per heavy atom. The number of pyridine rings is 1. The van der Waals surface area contributed by atoms with Crippen LogP contribution in [0, 0.1) is 5.41 Å². The molecule has 1 heterocycles. The number of para-hydroxylation sites is 1. The average Bonchev–Trinajstić information content (AvgIpc) is 2.86. The third-order valence-corrected chi connectivity index (χ3v) is 4.59. The molecule has 0 aliphatic carbocycles. The van der Waals surface area contributed by atoms with Crippen molar-refractivity contribution in [2.24, 2.45) is 4.99 Å². The van der Waals surface area contributed by atoms with E-state index < -0.39 is 0 Å². The number of likely N-dealkylation sites (N-methyl/N-ethyl adjacent to an activating group) is 1. The van der Waals surface area contributed by atoms with Crippen LogP contribution in [0.25, 0.3) is 10.9 Å². The van der Waals surface area contributed by atoms with Crippen LogP contribution in [-0.4, -0.2) is 55.8 Å². The van der Waals surface area contributed by atoms with E-state index in [4.69, 9.17) is 16.2 Å². The molecular weight excluding hydrogens is 479 g/mol. The number of nitrogens with one attached hydrogen (secondary N) is 2. The van der Waals surface area contributed by atoms with Crippen molar-refractivity contribution in [2.45, 2.75) is 54.4 Å². The van der Waals surface area contributed by atoms with E-state index in [1.165, 1.54) is 6.92 Å². The van der Waals surface area contributed by atoms with Gasteiger partial charge < -0.3 is 26.5 Å². The van der Waals surface area contributed by atoms with E-state index in [0.29, 0.717) is 23.8 Å². The molecule has 38 heavy (non-hydrogen) atoms. The number of fused-ring (bicyclic) bond motifs is 1. The number of rotatable bonds is 10. The van der Waals surface area contributed by atoms with E-state index in [-0.39, 0.29) is 12.4 Å². The van der Waals surface area contributed by atoms with Gasteiger partial charge in [-0.3, -0.25) is 4.99 Å². The first-order valence-corrected chi connectivity index (χ1v) is 13.0. The van der Waals surface area contributed by atoms with Gasteiger partial charge in [-0.05, 0) is 52.8 Å². The number of aliphatic hydroxyl groups is 1. The normalized spacial score (nSPS) is 11.0. The Morgan fingerprint density at radius 1 is 1.29 bits per heavy atom. The number of allylic oxidation sites excluding steroid dienone is 3. The lowest BCUT2D eigenvalue weighted by Gasteiger charge is -2.23. The van der Waals surface area contributed by atoms with Crippen molar-refractivity contribution in [1.82, 2.24) is 10.3 Å². The van der Waals surface area contributed by atoms with Crippen LogP contribution >= 0.6 is 0 Å². The Bertz CT molecular complexity index is 1040. The first-order valence-electron chi connectivity index (χ1n) is 13.0. The number of hydrogen-bond donors (Lipinski definition) is 4. The van der Waals surface area contributed by atoms with Crippen LogP contribution in [-0.2, 0) is 0 Å². The van der Waals surface area contributed by atoms with Crippen LogP contribution in [0.15, 0.2) is 65.5 Å². The first kappa shape index (κ1) is 36.8. The summed E-state index contributed by atoms with van der Waals surface area (Å²) >= 11 is 0. The molecule has 0 saturated carbocycles. The minimum absolute atomic E-state index is 0.0856. The number of nitrogens with zero attached hydrogens (tertiary/aromatic N) is 3. The van der Waals surface area contributed by atoms with Gasteiger partial charge in [-0.1, -0.05) is 56.7 Å². The highest BCUT2D eigenvalue weighted by Crippen LogP contribution is 2.38. The third kappa shape index (κ3) is 14.4. The van der Waals surface area contributed by atoms with Gasteiger partial charge in [0.15, 0.2) is 5.82 Å². The molecule has 1 aromatic carbocycles. The molecule has 0 spiro atoms. The molecular formula is C30H49FN6O. The number of benzene rings is 1. The Labute approximate surface area is 229 Å². The molecule has 0 aliphatic rings. The van der Waals surface area contributed by atoms with Gasteiger partial charge in [0.2, 0.25) is 0 Å². The van der Waals surface area contributed by atoms with Gasteiger partial charge in [0, 0.05) is 31.8 Å². The van der Waals surface area contributed by atoms with Gasteiger partial charge in [-0.2, -0.15) is 0 Å². The largest absolute Gasteiger partial charge is 0.397 e. The molecule has 212 valence electrons. The van der Waals surface area contributed by atoms with E-state index in [1.807, 2.05) is 83.1 Å². The zero-order valence-corrected chi connectivity index (χ0v) is 24.6. The SMILES string of the molecule is C=CC/C(=C/C(=N)CN(C)c1c(N=CC)c(N)nc2ccccc12)CNC.CC.CC/C=C(\C)F.CCO. The van der Waals surface area contributed by atoms with E-state index in [0.717, 1.165) is 41.5 Å². The molecule has 0 bridgehead atoms. The fourth-order valence-electron chi connectivity index (χ4n) is 3.35. The summed E-state index contributed by atoms with van der Waals surface area (Å²) < 4.78 is 11.6. The van der Waals surface area contributed by atoms with Crippen molar-refractivity contribution in [3.63, 3.8) is 0 Å². The molecule has 1 aromatic heterocycles. The van der Waals surface area contributed by atoms with Crippen LogP contribution in [0.1, 0.15) is 54.4 Å². The molecule has 2 rings (SSSR count). The number of aliphatic imine (C=N–C) groups is 1. The molecule has 2 aromatic rings. The number of anilines is 2. The lowest BCUT2D eigenvalue weighted by molar-refractivity contribution is 0.318. The average molecular weight is 529 g/mol. The van der Waals surface area contributed by atoms with Gasteiger partial charge in [0.05, 0.1) is 29.3 Å². The van der Waals surface area contributed by atoms with Gasteiger partial charge in [-0.15, -0.1) is 6.58 Å². The van der Waals surface area contributed by atoms with Crippen LogP contribution < -0.4 is 16.0 Å². The lowest BCUT2D eigenvalue weighted by Crippen LogP contribution is -2.25. The molecule has 0 atom stereocenters. The van der Waals surface area contributed by atoms with Crippen molar-refractivity contribution in [3.05, 3.63) is 60.5 Å². The monoisotopic (exact) mass is 528 g/mol. The topological polar surface area (TPSA) is 111 Å². The molecule has 0 fully saturated rings. The molecule has 8 heteroatoms. The Hall–Kier alpha value is -3.36. The Morgan fingerprint density at radius 2 is 1.89 bits per heavy atom. The molecule has 7 nitrogen and oxygen atoms in total. The van der Waals surface area contributed by atoms with Crippen LogP contribution in [0.2, 0.25) is 0 Å². The highest BCUT2D eigenvalue weighted by Gasteiger charge is 2.17. The summed E-state index contributed by atoms with van der Waals surface area (Å²) in [6.07, 6.45) is 8.56. The summed E-state index contributed by atoms with van der Waals surface area (Å²) in [4.78, 5) is 10.9. The van der Waals surface area contributed by atoms with Crippen LogP contribution in [0.4, 0.5) is 21.6 Å². The maximum absolute atomic E-state index is 11.6. The van der Waals surface area contributed by atoms with Crippen molar-refractivity contribution in [2.75, 3.05) is 44.4 Å². The third-order valence-electron chi connectivity index (χ3n) is 4.59. The summed E-state index contributed by atoms with van der Waals surface area (Å²) in [5.41, 5.74) is 10.1. The van der Waals surface area contributed by atoms with Crippen LogP contribution in [0.3, 0.4) is 0 Å². The van der Waals surface area contributed by atoms with Gasteiger partial charge in [0.25, 0.3) is 0 Å². The Balaban J connectivity index is 0. The van der Waals surface area contributed by atoms with Gasteiger partial charge in [0.1, 0.15) is 5.69 Å².